The van der Waals surface area contributed by atoms with Crippen molar-refractivity contribution >= 4 is 23.2 Å². The van der Waals surface area contributed by atoms with E-state index < -0.39 is 6.10 Å². The molecule has 0 aromatic heterocycles. The Bertz CT molecular complexity index is 398. The second-order valence-corrected chi connectivity index (χ2v) is 4.67. The van der Waals surface area contributed by atoms with Crippen LogP contribution in [0, 0.1) is 0 Å². The van der Waals surface area contributed by atoms with Crippen molar-refractivity contribution in [2.75, 3.05) is 13.7 Å². The van der Waals surface area contributed by atoms with Gasteiger partial charge in [0.05, 0.1) is 16.1 Å². The van der Waals surface area contributed by atoms with Crippen molar-refractivity contribution in [2.24, 2.45) is 0 Å². The van der Waals surface area contributed by atoms with E-state index in [0.29, 0.717) is 34.4 Å². The highest BCUT2D eigenvalue weighted by atomic mass is 35.5. The van der Waals surface area contributed by atoms with Crippen LogP contribution in [0.4, 0.5) is 0 Å². The van der Waals surface area contributed by atoms with Crippen molar-refractivity contribution in [1.82, 2.24) is 5.32 Å². The van der Waals surface area contributed by atoms with Gasteiger partial charge in [0.15, 0.2) is 0 Å². The Kier molecular flexibility index (Phi) is 3.60. The molecule has 2 rings (SSSR count). The second kappa shape index (κ2) is 4.80. The van der Waals surface area contributed by atoms with E-state index in [1.807, 2.05) is 7.05 Å². The molecule has 0 saturated carbocycles. The van der Waals surface area contributed by atoms with Crippen LogP contribution < -0.4 is 10.1 Å². The van der Waals surface area contributed by atoms with E-state index in [1.54, 1.807) is 12.1 Å². The highest BCUT2D eigenvalue weighted by Gasteiger charge is 2.24. The van der Waals surface area contributed by atoms with Crippen molar-refractivity contribution in [1.29, 1.82) is 0 Å². The predicted octanol–water partition coefficient (Wildman–Crippen LogP) is 2.40. The number of aliphatic hydroxyl groups excluding tert-OH is 1. The molecule has 1 aromatic rings. The summed E-state index contributed by atoms with van der Waals surface area (Å²) in [6, 6.07) is 3.45. The number of ether oxygens (including phenoxy) is 1. The van der Waals surface area contributed by atoms with Gasteiger partial charge in [0, 0.05) is 17.7 Å². The van der Waals surface area contributed by atoms with E-state index >= 15 is 0 Å². The third-order valence-corrected chi connectivity index (χ3v) is 3.49. The highest BCUT2D eigenvalue weighted by Crippen LogP contribution is 2.37. The molecule has 0 fully saturated rings. The van der Waals surface area contributed by atoms with E-state index in [9.17, 15) is 5.11 Å². The maximum atomic E-state index is 10.0. The predicted molar refractivity (Wildman–Crippen MR) is 64.4 cm³/mol. The molecule has 3 nitrogen and oxygen atoms in total. The molecule has 0 radical (unpaired) electrons. The van der Waals surface area contributed by atoms with E-state index in [1.165, 1.54) is 0 Å². The summed E-state index contributed by atoms with van der Waals surface area (Å²) in [5.74, 6) is 0.611. The van der Waals surface area contributed by atoms with E-state index in [-0.39, 0.29) is 6.04 Å². The number of nitrogens with one attached hydrogen (secondary N) is 1. The lowest BCUT2D eigenvalue weighted by atomic mass is 10.0. The van der Waals surface area contributed by atoms with Gasteiger partial charge in [-0.15, -0.1) is 0 Å². The summed E-state index contributed by atoms with van der Waals surface area (Å²) in [4.78, 5) is 0. The Morgan fingerprint density at radius 2 is 2.06 bits per heavy atom. The molecular weight excluding hydrogens is 249 g/mol. The summed E-state index contributed by atoms with van der Waals surface area (Å²) in [5.41, 5.74) is 0.701. The van der Waals surface area contributed by atoms with Crippen LogP contribution in [-0.2, 0) is 0 Å². The molecule has 0 spiro atoms. The van der Waals surface area contributed by atoms with Crippen LogP contribution in [0.5, 0.6) is 5.75 Å². The molecule has 1 heterocycles. The third-order valence-electron chi connectivity index (χ3n) is 2.77. The summed E-state index contributed by atoms with van der Waals surface area (Å²) in [6.07, 6.45) is 0.0197. The van der Waals surface area contributed by atoms with Gasteiger partial charge in [-0.25, -0.2) is 0 Å². The largest absolute Gasteiger partial charge is 0.492 e. The summed E-state index contributed by atoms with van der Waals surface area (Å²) in [5, 5.41) is 14.0. The minimum Gasteiger partial charge on any atom is -0.492 e. The first kappa shape index (κ1) is 12.0. The Hall–Kier alpha value is -0.480. The van der Waals surface area contributed by atoms with Gasteiger partial charge in [-0.3, -0.25) is 0 Å². The van der Waals surface area contributed by atoms with Gasteiger partial charge >= 0.3 is 0 Å². The zero-order valence-electron chi connectivity index (χ0n) is 8.84. The van der Waals surface area contributed by atoms with Crippen molar-refractivity contribution in [3.8, 4) is 5.75 Å². The van der Waals surface area contributed by atoms with Crippen molar-refractivity contribution in [3.63, 3.8) is 0 Å². The normalized spacial score (nSPS) is 24.5. The van der Waals surface area contributed by atoms with Crippen LogP contribution in [0.25, 0.3) is 0 Å². The zero-order chi connectivity index (χ0) is 11.7. The van der Waals surface area contributed by atoms with Gasteiger partial charge in [0.1, 0.15) is 12.4 Å². The average Bonchev–Trinajstić information content (AvgIpc) is 2.41. The van der Waals surface area contributed by atoms with E-state index in [4.69, 9.17) is 27.9 Å². The Labute approximate surface area is 104 Å². The summed E-state index contributed by atoms with van der Waals surface area (Å²) >= 11 is 11.8. The fraction of sp³-hybridized carbons (Fsp3) is 0.455. The van der Waals surface area contributed by atoms with Gasteiger partial charge < -0.3 is 15.2 Å². The summed E-state index contributed by atoms with van der Waals surface area (Å²) < 4.78 is 5.59. The highest BCUT2D eigenvalue weighted by molar-refractivity contribution is 6.42. The van der Waals surface area contributed by atoms with Crippen LogP contribution in [0.15, 0.2) is 12.1 Å². The zero-order valence-corrected chi connectivity index (χ0v) is 10.3. The van der Waals surface area contributed by atoms with Gasteiger partial charge in [0.2, 0.25) is 0 Å². The van der Waals surface area contributed by atoms with Crippen molar-refractivity contribution < 1.29 is 9.84 Å². The van der Waals surface area contributed by atoms with Crippen molar-refractivity contribution in [3.05, 3.63) is 27.7 Å². The molecule has 2 N–H and O–H groups in total. The average molecular weight is 262 g/mol. The number of fused-ring (bicyclic) bond motifs is 1. The monoisotopic (exact) mass is 261 g/mol. The molecule has 2 atom stereocenters. The SMILES string of the molecule is CN[C@H]1COc2cc(Cl)c(Cl)cc2[C@@H](O)C1. The first-order valence-corrected chi connectivity index (χ1v) is 5.84. The number of likely N-dealkylation sites (N-methyl/N-ethyl adjacent to an activating group) is 1. The molecule has 1 aliphatic rings. The molecule has 1 aromatic carbocycles. The molecule has 88 valence electrons. The quantitative estimate of drug-likeness (QED) is 0.816. The number of hydrogen-bond donors (Lipinski definition) is 2. The molecule has 0 aliphatic carbocycles. The molecule has 0 saturated heterocycles. The number of benzene rings is 1. The van der Waals surface area contributed by atoms with Crippen molar-refractivity contribution in [2.45, 2.75) is 18.6 Å². The molecule has 0 unspecified atom stereocenters. The minimum atomic E-state index is -0.579. The minimum absolute atomic E-state index is 0.125. The lowest BCUT2D eigenvalue weighted by Gasteiger charge is -2.14. The number of aliphatic hydroxyl groups is 1. The smallest absolute Gasteiger partial charge is 0.126 e. The van der Waals surface area contributed by atoms with E-state index in [2.05, 4.69) is 5.32 Å². The van der Waals surface area contributed by atoms with Crippen LogP contribution in [-0.4, -0.2) is 24.8 Å². The lowest BCUT2D eigenvalue weighted by molar-refractivity contribution is 0.153. The number of rotatable bonds is 1. The van der Waals surface area contributed by atoms with E-state index in [0.717, 1.165) is 0 Å². The standard InChI is InChI=1S/C11H13Cl2NO2/c1-14-6-2-10(15)7-3-8(12)9(13)4-11(7)16-5-6/h3-4,6,10,14-15H,2,5H2,1H3/t6-,10+/m1/s1. The maximum absolute atomic E-state index is 10.0. The Morgan fingerprint density at radius 3 is 2.75 bits per heavy atom. The third kappa shape index (κ3) is 2.28. The van der Waals surface area contributed by atoms with Gasteiger partial charge in [-0.2, -0.15) is 0 Å². The second-order valence-electron chi connectivity index (χ2n) is 3.85. The van der Waals surface area contributed by atoms with Gasteiger partial charge in [-0.1, -0.05) is 23.2 Å². The number of halogens is 2. The first-order valence-electron chi connectivity index (χ1n) is 5.09. The van der Waals surface area contributed by atoms with Crippen LogP contribution >= 0.6 is 23.2 Å². The van der Waals surface area contributed by atoms with Crippen LogP contribution in [0.2, 0.25) is 10.0 Å². The molecular formula is C11H13Cl2NO2. The molecule has 5 heteroatoms. The topological polar surface area (TPSA) is 41.5 Å². The fourth-order valence-corrected chi connectivity index (χ4v) is 2.11. The van der Waals surface area contributed by atoms with Crippen LogP contribution in [0.3, 0.4) is 0 Å². The molecule has 1 aliphatic heterocycles. The molecule has 16 heavy (non-hydrogen) atoms. The van der Waals surface area contributed by atoms with Crippen LogP contribution in [0.1, 0.15) is 18.1 Å². The summed E-state index contributed by atoms with van der Waals surface area (Å²) in [7, 11) is 1.84. The number of hydrogen-bond acceptors (Lipinski definition) is 3. The first-order chi connectivity index (χ1) is 7.61. The molecule has 0 amide bonds. The fourth-order valence-electron chi connectivity index (χ4n) is 1.79. The maximum Gasteiger partial charge on any atom is 0.126 e. The van der Waals surface area contributed by atoms with Gasteiger partial charge in [-0.05, 0) is 19.5 Å². The Balaban J connectivity index is 2.37. The van der Waals surface area contributed by atoms with Gasteiger partial charge in [0.25, 0.3) is 0 Å². The molecule has 0 bridgehead atoms. The Morgan fingerprint density at radius 1 is 1.38 bits per heavy atom. The lowest BCUT2D eigenvalue weighted by Crippen LogP contribution is -2.31. The summed E-state index contributed by atoms with van der Waals surface area (Å²) in [6.45, 7) is 0.512.